The van der Waals surface area contributed by atoms with E-state index in [4.69, 9.17) is 0 Å². The summed E-state index contributed by atoms with van der Waals surface area (Å²) in [6, 6.07) is 11.7. The summed E-state index contributed by atoms with van der Waals surface area (Å²) in [5, 5.41) is 0.992. The van der Waals surface area contributed by atoms with Crippen molar-refractivity contribution in [2.45, 2.75) is 66.3 Å². The molecule has 156 valence electrons. The van der Waals surface area contributed by atoms with Gasteiger partial charge in [0.25, 0.3) is 0 Å². The van der Waals surface area contributed by atoms with Crippen LogP contribution in [0.25, 0.3) is 22.0 Å². The number of halogens is 1. The van der Waals surface area contributed by atoms with E-state index >= 15 is 4.39 Å². The fraction of sp³-hybridized carbons (Fsp3) is 0.440. The number of hydrogen-bond donors (Lipinski definition) is 1. The Balaban J connectivity index is 2.09. The number of benzene rings is 2. The van der Waals surface area contributed by atoms with Gasteiger partial charge < -0.3 is 4.57 Å². The number of nitrogens with zero attached hydrogens (tertiary/aromatic N) is 1. The Kier molecular flexibility index (Phi) is 6.16. The quantitative estimate of drug-likeness (QED) is 0.442. The van der Waals surface area contributed by atoms with Crippen LogP contribution in [0.15, 0.2) is 42.6 Å². The second-order valence-corrected chi connectivity index (χ2v) is 11.8. The van der Waals surface area contributed by atoms with Gasteiger partial charge >= 0.3 is 0 Å². The molecule has 0 aliphatic heterocycles. The van der Waals surface area contributed by atoms with Gasteiger partial charge in [0.05, 0.1) is 0 Å². The minimum Gasteiger partial charge on any atom is -0.347 e. The van der Waals surface area contributed by atoms with Crippen LogP contribution in [-0.2, 0) is 13.1 Å². The highest BCUT2D eigenvalue weighted by Crippen LogP contribution is 2.34. The first kappa shape index (κ1) is 21.9. The number of aromatic nitrogens is 1. The van der Waals surface area contributed by atoms with E-state index in [2.05, 4.69) is 57.0 Å². The summed E-state index contributed by atoms with van der Waals surface area (Å²) in [7, 11) is 0. The summed E-state index contributed by atoms with van der Waals surface area (Å²) >= 11 is 1.71. The summed E-state index contributed by atoms with van der Waals surface area (Å²) in [4.78, 5) is 0. The Morgan fingerprint density at radius 1 is 1.00 bits per heavy atom. The molecule has 2 aromatic carbocycles. The molecule has 3 aromatic rings. The second kappa shape index (κ2) is 8.16. The van der Waals surface area contributed by atoms with E-state index in [1.807, 2.05) is 37.3 Å². The van der Waals surface area contributed by atoms with E-state index in [1.54, 1.807) is 18.0 Å². The van der Waals surface area contributed by atoms with Crippen LogP contribution in [0.4, 0.5) is 4.39 Å². The molecular formula is C25H33FN2S. The van der Waals surface area contributed by atoms with Gasteiger partial charge in [-0.15, -0.1) is 0 Å². The van der Waals surface area contributed by atoms with Crippen molar-refractivity contribution >= 4 is 22.9 Å². The van der Waals surface area contributed by atoms with Crippen molar-refractivity contribution < 1.29 is 4.39 Å². The molecule has 0 saturated carbocycles. The zero-order chi connectivity index (χ0) is 21.4. The number of nitrogens with one attached hydrogen (secondary N) is 1. The van der Waals surface area contributed by atoms with Gasteiger partial charge in [-0.2, -0.15) is 0 Å². The van der Waals surface area contributed by atoms with E-state index in [0.29, 0.717) is 12.1 Å². The van der Waals surface area contributed by atoms with Crippen molar-refractivity contribution in [2.24, 2.45) is 5.41 Å². The Morgan fingerprint density at radius 3 is 2.31 bits per heavy atom. The molecule has 0 radical (unpaired) electrons. The fourth-order valence-electron chi connectivity index (χ4n) is 3.58. The van der Waals surface area contributed by atoms with Crippen LogP contribution in [0.1, 0.15) is 52.7 Å². The van der Waals surface area contributed by atoms with E-state index < -0.39 is 0 Å². The first-order chi connectivity index (χ1) is 13.4. The van der Waals surface area contributed by atoms with Crippen molar-refractivity contribution in [3.05, 3.63) is 59.5 Å². The lowest BCUT2D eigenvalue weighted by Gasteiger charge is -2.20. The van der Waals surface area contributed by atoms with Crippen molar-refractivity contribution in [2.75, 3.05) is 0 Å². The minimum atomic E-state index is -0.162. The Hall–Kier alpha value is -1.78. The minimum absolute atomic E-state index is 0.132. The van der Waals surface area contributed by atoms with Crippen LogP contribution in [0.5, 0.6) is 0 Å². The van der Waals surface area contributed by atoms with Gasteiger partial charge in [0.15, 0.2) is 0 Å². The lowest BCUT2D eigenvalue weighted by molar-refractivity contribution is 0.349. The molecule has 29 heavy (non-hydrogen) atoms. The first-order valence-electron chi connectivity index (χ1n) is 10.2. The van der Waals surface area contributed by atoms with Gasteiger partial charge in [0.2, 0.25) is 0 Å². The van der Waals surface area contributed by atoms with Gasteiger partial charge in [0.1, 0.15) is 5.82 Å². The topological polar surface area (TPSA) is 17.0 Å². The van der Waals surface area contributed by atoms with Crippen molar-refractivity contribution in [3.63, 3.8) is 0 Å². The van der Waals surface area contributed by atoms with Crippen LogP contribution in [-0.4, -0.2) is 9.31 Å². The maximum Gasteiger partial charge on any atom is 0.131 e. The molecule has 0 bridgehead atoms. The van der Waals surface area contributed by atoms with Crippen LogP contribution < -0.4 is 4.72 Å². The van der Waals surface area contributed by atoms with Gasteiger partial charge in [-0.25, -0.2) is 4.39 Å². The average Bonchev–Trinajstić information content (AvgIpc) is 2.89. The molecule has 0 aliphatic rings. The van der Waals surface area contributed by atoms with Crippen molar-refractivity contribution in [1.82, 2.24) is 9.29 Å². The third kappa shape index (κ3) is 5.43. The Labute approximate surface area is 179 Å². The van der Waals surface area contributed by atoms with Gasteiger partial charge in [0, 0.05) is 40.5 Å². The van der Waals surface area contributed by atoms with Crippen molar-refractivity contribution in [1.29, 1.82) is 0 Å². The molecule has 0 spiro atoms. The molecule has 0 unspecified atom stereocenters. The molecule has 2 nitrogen and oxygen atoms in total. The highest BCUT2D eigenvalue weighted by molar-refractivity contribution is 7.98. The summed E-state index contributed by atoms with van der Waals surface area (Å²) < 4.78 is 21.1. The zero-order valence-electron chi connectivity index (χ0n) is 18.7. The molecule has 4 heteroatoms. The normalized spacial score (nSPS) is 12.7. The molecule has 0 amide bonds. The summed E-state index contributed by atoms with van der Waals surface area (Å²) in [6.45, 7) is 16.9. The Morgan fingerprint density at radius 2 is 1.69 bits per heavy atom. The van der Waals surface area contributed by atoms with Gasteiger partial charge in [-0.1, -0.05) is 57.0 Å². The van der Waals surface area contributed by atoms with Gasteiger partial charge in [-0.05, 0) is 61.9 Å². The lowest BCUT2D eigenvalue weighted by Crippen LogP contribution is -2.16. The lowest BCUT2D eigenvalue weighted by atomic mass is 9.96. The van der Waals surface area contributed by atoms with Crippen LogP contribution >= 0.6 is 11.9 Å². The largest absolute Gasteiger partial charge is 0.347 e. The standard InChI is InChI=1S/C25H33FN2S/c1-17-10-8-9-11-19(17)21-13-23-20(12-22(21)26)18(14-27-29-25(5,6)7)15-28(23)16-24(2,3)4/h8-13,15,27H,14,16H2,1-7H3. The number of aryl methyl sites for hydroxylation is 1. The smallest absolute Gasteiger partial charge is 0.131 e. The first-order valence-corrected chi connectivity index (χ1v) is 11.0. The predicted octanol–water partition coefficient (Wildman–Crippen LogP) is 7.34. The molecule has 0 fully saturated rings. The molecule has 3 rings (SSSR count). The van der Waals surface area contributed by atoms with Crippen molar-refractivity contribution in [3.8, 4) is 11.1 Å². The second-order valence-electron chi connectivity index (χ2n) is 10.0. The SMILES string of the molecule is Cc1ccccc1-c1cc2c(cc1F)c(CNSC(C)(C)C)cn2CC(C)(C)C. The predicted molar refractivity (Wildman–Crippen MR) is 126 cm³/mol. The van der Waals surface area contributed by atoms with E-state index in [9.17, 15) is 0 Å². The molecule has 1 N–H and O–H groups in total. The van der Waals surface area contributed by atoms with Crippen LogP contribution in [0, 0.1) is 18.2 Å². The number of rotatable bonds is 5. The average molecular weight is 413 g/mol. The molecule has 0 atom stereocenters. The zero-order valence-corrected chi connectivity index (χ0v) is 19.5. The monoisotopic (exact) mass is 412 g/mol. The molecule has 0 saturated heterocycles. The molecule has 1 heterocycles. The fourth-order valence-corrected chi connectivity index (χ4v) is 4.24. The van der Waals surface area contributed by atoms with E-state index in [-0.39, 0.29) is 16.0 Å². The van der Waals surface area contributed by atoms with E-state index in [0.717, 1.165) is 34.1 Å². The van der Waals surface area contributed by atoms with Crippen LogP contribution in [0.3, 0.4) is 0 Å². The number of hydrogen-bond acceptors (Lipinski definition) is 2. The molecule has 1 aromatic heterocycles. The van der Waals surface area contributed by atoms with Gasteiger partial charge in [-0.3, -0.25) is 4.72 Å². The highest BCUT2D eigenvalue weighted by atomic mass is 32.2. The maximum absolute atomic E-state index is 15.2. The molecule has 0 aliphatic carbocycles. The summed E-state index contributed by atoms with van der Waals surface area (Å²) in [5.41, 5.74) is 5.08. The third-order valence-electron chi connectivity index (χ3n) is 4.77. The maximum atomic E-state index is 15.2. The van der Waals surface area contributed by atoms with E-state index in [1.165, 1.54) is 0 Å². The Bertz CT molecular complexity index is 1010. The van der Waals surface area contributed by atoms with Crippen LogP contribution in [0.2, 0.25) is 0 Å². The highest BCUT2D eigenvalue weighted by Gasteiger charge is 2.19. The molecular weight excluding hydrogens is 379 g/mol. The summed E-state index contributed by atoms with van der Waals surface area (Å²) in [6.07, 6.45) is 2.19. The third-order valence-corrected chi connectivity index (χ3v) is 5.67. The summed E-state index contributed by atoms with van der Waals surface area (Å²) in [5.74, 6) is -0.162. The number of fused-ring (bicyclic) bond motifs is 1.